The third kappa shape index (κ3) is 4.31. The predicted molar refractivity (Wildman–Crippen MR) is 106 cm³/mol. The molecule has 6 nitrogen and oxygen atoms in total. The fourth-order valence-corrected chi connectivity index (χ4v) is 3.84. The monoisotopic (exact) mass is 406 g/mol. The second-order valence-corrected chi connectivity index (χ2v) is 7.52. The number of halogens is 1. The van der Waals surface area contributed by atoms with Gasteiger partial charge in [0.25, 0.3) is 0 Å². The number of benzene rings is 1. The van der Waals surface area contributed by atoms with Crippen molar-refractivity contribution in [3.8, 4) is 5.75 Å². The van der Waals surface area contributed by atoms with E-state index in [-0.39, 0.29) is 23.9 Å². The Kier molecular flexibility index (Phi) is 5.82. The van der Waals surface area contributed by atoms with Gasteiger partial charge >= 0.3 is 10.8 Å². The summed E-state index contributed by atoms with van der Waals surface area (Å²) in [6, 6.07) is 7.31. The first-order valence-corrected chi connectivity index (χ1v) is 9.74. The molecule has 0 aliphatic heterocycles. The molecule has 0 saturated carbocycles. The van der Waals surface area contributed by atoms with E-state index >= 15 is 0 Å². The summed E-state index contributed by atoms with van der Waals surface area (Å²) < 4.78 is 8.10. The van der Waals surface area contributed by atoms with Crippen LogP contribution in [-0.4, -0.2) is 20.6 Å². The molecule has 0 bridgehead atoms. The van der Waals surface area contributed by atoms with E-state index in [0.717, 1.165) is 29.0 Å². The van der Waals surface area contributed by atoms with Crippen LogP contribution < -0.4 is 9.61 Å². The molecule has 27 heavy (non-hydrogen) atoms. The lowest BCUT2D eigenvalue weighted by Gasteiger charge is -2.16. The number of carbonyl (C=O) groups is 1. The number of hydrogen-bond acceptors (Lipinski definition) is 5. The minimum Gasteiger partial charge on any atom is -0.483 e. The summed E-state index contributed by atoms with van der Waals surface area (Å²) in [6.45, 7) is 4.06. The summed E-state index contributed by atoms with van der Waals surface area (Å²) >= 11 is 7.40. The smallest absolute Gasteiger partial charge is 0.308 e. The molecule has 0 aliphatic rings. The van der Waals surface area contributed by atoms with E-state index < -0.39 is 5.97 Å². The fourth-order valence-electron chi connectivity index (χ4n) is 2.71. The lowest BCUT2D eigenvalue weighted by molar-refractivity contribution is -0.137. The van der Waals surface area contributed by atoms with Gasteiger partial charge in [-0.1, -0.05) is 35.9 Å². The highest BCUT2D eigenvalue weighted by Gasteiger charge is 2.16. The Bertz CT molecular complexity index is 1030. The highest BCUT2D eigenvalue weighted by Crippen LogP contribution is 2.34. The van der Waals surface area contributed by atoms with Gasteiger partial charge in [0.15, 0.2) is 0 Å². The first kappa shape index (κ1) is 19.4. The summed E-state index contributed by atoms with van der Waals surface area (Å²) in [4.78, 5) is 27.2. The quantitative estimate of drug-likeness (QED) is 0.633. The standard InChI is InChI=1S/C19H19ClN2O4S/c1-3-12-4-5-14(21-10-12)11(2)26-16-9-17-15(8-13(16)20)22(19(25)27-17)7-6-18(23)24/h4-5,8-11H,3,6-7H2,1-2H3,(H,23,24)/t11-/m1/s1. The molecule has 1 N–H and O–H groups in total. The molecule has 1 aromatic carbocycles. The lowest BCUT2D eigenvalue weighted by Crippen LogP contribution is -2.15. The van der Waals surface area contributed by atoms with E-state index in [1.165, 1.54) is 4.57 Å². The molecule has 0 unspecified atom stereocenters. The van der Waals surface area contributed by atoms with Crippen molar-refractivity contribution in [3.63, 3.8) is 0 Å². The molecule has 0 aliphatic carbocycles. The Morgan fingerprint density at radius 1 is 1.41 bits per heavy atom. The summed E-state index contributed by atoms with van der Waals surface area (Å²) in [5.74, 6) is -0.493. The van der Waals surface area contributed by atoms with E-state index in [1.807, 2.05) is 25.3 Å². The summed E-state index contributed by atoms with van der Waals surface area (Å²) in [6.07, 6.45) is 2.31. The maximum Gasteiger partial charge on any atom is 0.308 e. The number of hydrogen-bond donors (Lipinski definition) is 1. The van der Waals surface area contributed by atoms with Crippen LogP contribution in [0.25, 0.3) is 10.2 Å². The van der Waals surface area contributed by atoms with Crippen LogP contribution in [0.4, 0.5) is 0 Å². The van der Waals surface area contributed by atoms with E-state index in [9.17, 15) is 9.59 Å². The third-order valence-electron chi connectivity index (χ3n) is 4.25. The summed E-state index contributed by atoms with van der Waals surface area (Å²) in [7, 11) is 0. The van der Waals surface area contributed by atoms with Crippen molar-refractivity contribution in [2.45, 2.75) is 39.3 Å². The second kappa shape index (κ2) is 8.10. The number of thiazole rings is 1. The number of carboxylic acid groups (broad SMARTS) is 1. The van der Waals surface area contributed by atoms with Gasteiger partial charge in [-0.05, 0) is 31.0 Å². The van der Waals surface area contributed by atoms with Crippen LogP contribution in [0.3, 0.4) is 0 Å². The Balaban J connectivity index is 1.87. The number of rotatable bonds is 7. The van der Waals surface area contributed by atoms with Gasteiger partial charge in [-0.2, -0.15) is 0 Å². The van der Waals surface area contributed by atoms with Crippen molar-refractivity contribution in [3.05, 3.63) is 56.4 Å². The Labute approximate surface area is 165 Å². The number of pyridine rings is 1. The minimum atomic E-state index is -0.956. The van der Waals surface area contributed by atoms with Crippen molar-refractivity contribution in [2.24, 2.45) is 0 Å². The molecule has 0 radical (unpaired) electrons. The largest absolute Gasteiger partial charge is 0.483 e. The second-order valence-electron chi connectivity index (χ2n) is 6.12. The van der Waals surface area contributed by atoms with Crippen LogP contribution in [0.5, 0.6) is 5.75 Å². The zero-order valence-corrected chi connectivity index (χ0v) is 16.5. The Morgan fingerprint density at radius 2 is 2.19 bits per heavy atom. The van der Waals surface area contributed by atoms with Crippen LogP contribution in [0, 0.1) is 0 Å². The molecule has 2 heterocycles. The zero-order chi connectivity index (χ0) is 19.6. The van der Waals surface area contributed by atoms with Crippen molar-refractivity contribution < 1.29 is 14.6 Å². The maximum atomic E-state index is 12.2. The van der Waals surface area contributed by atoms with Gasteiger partial charge in [-0.25, -0.2) is 0 Å². The number of aryl methyl sites for hydroxylation is 2. The van der Waals surface area contributed by atoms with Crippen molar-refractivity contribution in [2.75, 3.05) is 0 Å². The van der Waals surface area contributed by atoms with E-state index in [1.54, 1.807) is 12.1 Å². The van der Waals surface area contributed by atoms with Crippen LogP contribution in [0.1, 0.15) is 37.6 Å². The summed E-state index contributed by atoms with van der Waals surface area (Å²) in [5.41, 5.74) is 2.55. The first-order valence-electron chi connectivity index (χ1n) is 8.55. The van der Waals surface area contributed by atoms with E-state index in [4.69, 9.17) is 21.4 Å². The molecular formula is C19H19ClN2O4S. The number of ether oxygens (including phenoxy) is 1. The highest BCUT2D eigenvalue weighted by atomic mass is 35.5. The van der Waals surface area contributed by atoms with Gasteiger partial charge in [0, 0.05) is 18.8 Å². The molecule has 0 spiro atoms. The SMILES string of the molecule is CCc1ccc([C@@H](C)Oc2cc3sc(=O)n(CCC(=O)O)c3cc2Cl)nc1. The minimum absolute atomic E-state index is 0.106. The van der Waals surface area contributed by atoms with Crippen molar-refractivity contribution in [1.29, 1.82) is 0 Å². The molecule has 0 amide bonds. The Hall–Kier alpha value is -2.38. The molecule has 0 fully saturated rings. The number of fused-ring (bicyclic) bond motifs is 1. The molecule has 3 aromatic rings. The highest BCUT2D eigenvalue weighted by molar-refractivity contribution is 7.16. The van der Waals surface area contributed by atoms with Gasteiger partial charge in [0.2, 0.25) is 0 Å². The van der Waals surface area contributed by atoms with Gasteiger partial charge in [0.1, 0.15) is 11.9 Å². The molecule has 0 saturated heterocycles. The van der Waals surface area contributed by atoms with Gasteiger partial charge < -0.3 is 9.84 Å². The lowest BCUT2D eigenvalue weighted by atomic mass is 10.2. The Morgan fingerprint density at radius 3 is 2.81 bits per heavy atom. The molecule has 3 rings (SSSR count). The number of nitrogens with zero attached hydrogens (tertiary/aromatic N) is 2. The number of aliphatic carboxylic acids is 1. The molecule has 1 atom stereocenters. The van der Waals surface area contributed by atoms with Crippen molar-refractivity contribution >= 4 is 39.1 Å². The van der Waals surface area contributed by atoms with E-state index in [0.29, 0.717) is 21.0 Å². The molecular weight excluding hydrogens is 388 g/mol. The van der Waals surface area contributed by atoms with Crippen LogP contribution >= 0.6 is 22.9 Å². The normalized spacial score (nSPS) is 12.3. The van der Waals surface area contributed by atoms with Gasteiger partial charge in [-0.15, -0.1) is 0 Å². The third-order valence-corrected chi connectivity index (χ3v) is 5.48. The summed E-state index contributed by atoms with van der Waals surface area (Å²) in [5, 5.41) is 9.21. The fraction of sp³-hybridized carbons (Fsp3) is 0.316. The maximum absolute atomic E-state index is 12.2. The first-order chi connectivity index (χ1) is 12.9. The predicted octanol–water partition coefficient (Wildman–Crippen LogP) is 4.29. The van der Waals surface area contributed by atoms with Crippen LogP contribution in [0.2, 0.25) is 5.02 Å². The topological polar surface area (TPSA) is 81.4 Å². The average Bonchev–Trinajstić information content (AvgIpc) is 2.94. The molecule has 142 valence electrons. The molecule has 8 heteroatoms. The molecule has 2 aromatic heterocycles. The number of aromatic nitrogens is 2. The van der Waals surface area contributed by atoms with Crippen LogP contribution in [0.15, 0.2) is 35.3 Å². The van der Waals surface area contributed by atoms with Crippen LogP contribution in [-0.2, 0) is 17.8 Å². The number of carboxylic acids is 1. The van der Waals surface area contributed by atoms with E-state index in [2.05, 4.69) is 11.9 Å². The van der Waals surface area contributed by atoms with Crippen molar-refractivity contribution in [1.82, 2.24) is 9.55 Å². The average molecular weight is 407 g/mol. The van der Waals surface area contributed by atoms with Gasteiger partial charge in [0.05, 0.1) is 27.4 Å². The van der Waals surface area contributed by atoms with Gasteiger partial charge in [-0.3, -0.25) is 19.1 Å². The zero-order valence-electron chi connectivity index (χ0n) is 14.9.